The number of anilines is 1. The third-order valence-electron chi connectivity index (χ3n) is 6.62. The van der Waals surface area contributed by atoms with Crippen LogP contribution in [0.25, 0.3) is 22.3 Å². The van der Waals surface area contributed by atoms with E-state index in [0.29, 0.717) is 45.1 Å². The summed E-state index contributed by atoms with van der Waals surface area (Å²) in [6.45, 7) is 9.63. The average Bonchev–Trinajstić information content (AvgIpc) is 2.84. The van der Waals surface area contributed by atoms with Gasteiger partial charge in [0.1, 0.15) is 5.75 Å². The van der Waals surface area contributed by atoms with Crippen molar-refractivity contribution in [2.24, 2.45) is 0 Å². The molecule has 0 aliphatic carbocycles. The average molecular weight is 572 g/mol. The number of nitrogens with one attached hydrogen (secondary N) is 1. The minimum Gasteiger partial charge on any atom is -0.493 e. The summed E-state index contributed by atoms with van der Waals surface area (Å²) in [5.41, 5.74) is 5.01. The number of benzene rings is 3. The lowest BCUT2D eigenvalue weighted by molar-refractivity contribution is -0.160. The maximum Gasteiger partial charge on any atom is 0.337 e. The molecular formula is C30H34ClNO6S. The summed E-state index contributed by atoms with van der Waals surface area (Å²) in [4.78, 5) is 12.7. The Bertz CT molecular complexity index is 1520. The van der Waals surface area contributed by atoms with Crippen LogP contribution < -0.4 is 9.46 Å². The molecule has 208 valence electrons. The number of carbonyl (C=O) groups is 1. The van der Waals surface area contributed by atoms with E-state index in [4.69, 9.17) is 21.1 Å². The Morgan fingerprint density at radius 1 is 1.05 bits per heavy atom. The Balaban J connectivity index is 2.15. The molecule has 0 saturated heterocycles. The topological polar surface area (TPSA) is 102 Å². The molecule has 0 spiro atoms. The highest BCUT2D eigenvalue weighted by Crippen LogP contribution is 2.47. The van der Waals surface area contributed by atoms with Crippen LogP contribution in [0.2, 0.25) is 5.02 Å². The molecule has 0 radical (unpaired) electrons. The molecule has 3 aromatic carbocycles. The van der Waals surface area contributed by atoms with Gasteiger partial charge < -0.3 is 14.6 Å². The molecule has 9 heteroatoms. The number of carboxylic acid groups (broad SMARTS) is 1. The first kappa shape index (κ1) is 28.9. The second-order valence-corrected chi connectivity index (χ2v) is 13.1. The third-order valence-corrected chi connectivity index (χ3v) is 7.45. The Labute approximate surface area is 235 Å². The van der Waals surface area contributed by atoms with Gasteiger partial charge in [0.2, 0.25) is 10.0 Å². The van der Waals surface area contributed by atoms with E-state index in [1.54, 1.807) is 39.8 Å². The van der Waals surface area contributed by atoms with Crippen molar-refractivity contribution in [2.75, 3.05) is 17.6 Å². The molecule has 7 nitrogen and oxygen atoms in total. The van der Waals surface area contributed by atoms with Crippen LogP contribution in [0.3, 0.4) is 0 Å². The Morgan fingerprint density at radius 3 is 2.28 bits per heavy atom. The van der Waals surface area contributed by atoms with Crippen LogP contribution in [0.1, 0.15) is 55.5 Å². The molecule has 0 fully saturated rings. The fraction of sp³-hybridized carbons (Fsp3) is 0.367. The van der Waals surface area contributed by atoms with Crippen molar-refractivity contribution in [1.29, 1.82) is 0 Å². The smallest absolute Gasteiger partial charge is 0.337 e. The number of fused-ring (bicyclic) bond motifs is 1. The molecule has 1 aliphatic rings. The molecule has 4 rings (SSSR count). The van der Waals surface area contributed by atoms with Crippen molar-refractivity contribution in [3.8, 4) is 28.0 Å². The summed E-state index contributed by atoms with van der Waals surface area (Å²) < 4.78 is 39.7. The van der Waals surface area contributed by atoms with E-state index < -0.39 is 27.7 Å². The van der Waals surface area contributed by atoms with Crippen molar-refractivity contribution in [2.45, 2.75) is 59.2 Å². The van der Waals surface area contributed by atoms with E-state index in [2.05, 4.69) is 4.72 Å². The second-order valence-electron chi connectivity index (χ2n) is 10.9. The zero-order chi connectivity index (χ0) is 28.7. The number of hydrogen-bond donors (Lipinski definition) is 2. The van der Waals surface area contributed by atoms with Crippen molar-refractivity contribution in [3.05, 3.63) is 69.7 Å². The lowest BCUT2D eigenvalue weighted by Crippen LogP contribution is -2.29. The first-order chi connectivity index (χ1) is 18.2. The van der Waals surface area contributed by atoms with E-state index in [1.807, 2.05) is 37.3 Å². The van der Waals surface area contributed by atoms with Gasteiger partial charge in [-0.3, -0.25) is 4.72 Å². The van der Waals surface area contributed by atoms with E-state index >= 15 is 0 Å². The minimum atomic E-state index is -3.72. The predicted molar refractivity (Wildman–Crippen MR) is 155 cm³/mol. The molecule has 1 atom stereocenters. The van der Waals surface area contributed by atoms with Gasteiger partial charge in [-0.05, 0) is 105 Å². The lowest BCUT2D eigenvalue weighted by Gasteiger charge is -2.31. The highest BCUT2D eigenvalue weighted by molar-refractivity contribution is 7.92. The summed E-state index contributed by atoms with van der Waals surface area (Å²) in [7, 11) is -3.72. The van der Waals surface area contributed by atoms with Gasteiger partial charge in [-0.15, -0.1) is 0 Å². The van der Waals surface area contributed by atoms with Crippen molar-refractivity contribution in [3.63, 3.8) is 0 Å². The molecule has 0 aromatic heterocycles. The van der Waals surface area contributed by atoms with E-state index in [9.17, 15) is 18.3 Å². The van der Waals surface area contributed by atoms with Crippen LogP contribution >= 0.6 is 11.6 Å². The molecule has 1 heterocycles. The molecule has 39 heavy (non-hydrogen) atoms. The number of halogens is 1. The number of rotatable bonds is 7. The van der Waals surface area contributed by atoms with E-state index in [-0.39, 0.29) is 0 Å². The first-order valence-electron chi connectivity index (χ1n) is 12.7. The number of sulfonamides is 1. The van der Waals surface area contributed by atoms with Crippen LogP contribution in [0.5, 0.6) is 5.75 Å². The Morgan fingerprint density at radius 2 is 1.69 bits per heavy atom. The first-order valence-corrected chi connectivity index (χ1v) is 15.0. The van der Waals surface area contributed by atoms with Gasteiger partial charge in [-0.25, -0.2) is 13.2 Å². The molecule has 2 N–H and O–H groups in total. The fourth-order valence-corrected chi connectivity index (χ4v) is 5.87. The zero-order valence-corrected chi connectivity index (χ0v) is 24.6. The SMILES string of the molecule is Cc1c(-c2ccc(Cl)cc2)c(NS(C)(=O)=O)c(C)c(C(OC(C)(C)C)C(=O)O)c1-c1ccc2c(c1)CCCO2. The fourth-order valence-electron chi connectivity index (χ4n) is 5.12. The lowest BCUT2D eigenvalue weighted by atomic mass is 9.82. The van der Waals surface area contributed by atoms with Gasteiger partial charge >= 0.3 is 5.97 Å². The molecule has 0 amide bonds. The zero-order valence-electron chi connectivity index (χ0n) is 23.0. The van der Waals surface area contributed by atoms with Crippen LogP contribution in [0.4, 0.5) is 5.69 Å². The number of carboxylic acids is 1. The van der Waals surface area contributed by atoms with E-state index in [1.165, 1.54) is 0 Å². The summed E-state index contributed by atoms with van der Waals surface area (Å²) in [5.74, 6) is -0.352. The highest BCUT2D eigenvalue weighted by Gasteiger charge is 2.34. The third kappa shape index (κ3) is 6.40. The van der Waals surface area contributed by atoms with Crippen LogP contribution in [-0.4, -0.2) is 38.0 Å². The standard InChI is InChI=1S/C30H34ClNO6S/c1-17-24(21-11-14-23-20(16-21)8-7-15-37-23)26(28(29(33)34)38-30(3,4)5)18(2)27(32-39(6,35)36)25(17)19-9-12-22(31)13-10-19/h9-14,16,28,32H,7-8,15H2,1-6H3,(H,33,34). The van der Waals surface area contributed by atoms with Gasteiger partial charge in [-0.2, -0.15) is 0 Å². The van der Waals surface area contributed by atoms with Gasteiger partial charge in [-0.1, -0.05) is 29.8 Å². The van der Waals surface area contributed by atoms with Crippen LogP contribution in [0.15, 0.2) is 42.5 Å². The van der Waals surface area contributed by atoms with Gasteiger partial charge in [0, 0.05) is 16.1 Å². The Kier molecular flexibility index (Phi) is 8.03. The summed E-state index contributed by atoms with van der Waals surface area (Å²) in [5, 5.41) is 11.0. The molecule has 3 aromatic rings. The summed E-state index contributed by atoms with van der Waals surface area (Å²) >= 11 is 6.17. The largest absolute Gasteiger partial charge is 0.493 e. The minimum absolute atomic E-state index is 0.307. The van der Waals surface area contributed by atoms with Gasteiger partial charge in [0.15, 0.2) is 6.10 Å². The van der Waals surface area contributed by atoms with Crippen molar-refractivity contribution >= 4 is 33.3 Å². The van der Waals surface area contributed by atoms with Crippen LogP contribution in [0, 0.1) is 13.8 Å². The number of ether oxygens (including phenoxy) is 2. The summed E-state index contributed by atoms with van der Waals surface area (Å²) in [6.07, 6.45) is 1.45. The number of aryl methyl sites for hydroxylation is 1. The molecular weight excluding hydrogens is 538 g/mol. The maximum atomic E-state index is 12.7. The van der Waals surface area contributed by atoms with Crippen molar-refractivity contribution < 1.29 is 27.8 Å². The van der Waals surface area contributed by atoms with Crippen molar-refractivity contribution in [1.82, 2.24) is 0 Å². The molecule has 0 bridgehead atoms. The van der Waals surface area contributed by atoms with Gasteiger partial charge in [0.05, 0.1) is 24.2 Å². The van der Waals surface area contributed by atoms with Gasteiger partial charge in [0.25, 0.3) is 0 Å². The molecule has 0 saturated carbocycles. The monoisotopic (exact) mass is 571 g/mol. The predicted octanol–water partition coefficient (Wildman–Crippen LogP) is 6.93. The normalized spacial score (nSPS) is 14.3. The molecule has 1 unspecified atom stereocenters. The quantitative estimate of drug-likeness (QED) is 0.319. The van der Waals surface area contributed by atoms with E-state index in [0.717, 1.165) is 41.5 Å². The maximum absolute atomic E-state index is 12.7. The summed E-state index contributed by atoms with van der Waals surface area (Å²) in [6, 6.07) is 13.0. The number of aliphatic carboxylic acids is 1. The Hall–Kier alpha value is -3.07. The number of hydrogen-bond acceptors (Lipinski definition) is 5. The van der Waals surface area contributed by atoms with Crippen LogP contribution in [-0.2, 0) is 26.0 Å². The second kappa shape index (κ2) is 10.8. The highest BCUT2D eigenvalue weighted by atomic mass is 35.5. The molecule has 1 aliphatic heterocycles.